The lowest BCUT2D eigenvalue weighted by atomic mass is 10.1. The van der Waals surface area contributed by atoms with Gasteiger partial charge in [0.15, 0.2) is 0 Å². The molecular weight excluding hydrogens is 350 g/mol. The average Bonchev–Trinajstić information content (AvgIpc) is 3.16. The Bertz CT molecular complexity index is 820. The van der Waals surface area contributed by atoms with E-state index < -0.39 is 0 Å². The molecule has 1 unspecified atom stereocenters. The summed E-state index contributed by atoms with van der Waals surface area (Å²) < 4.78 is 0. The van der Waals surface area contributed by atoms with E-state index in [2.05, 4.69) is 29.6 Å². The largest absolute Gasteiger partial charge is 0.343 e. The van der Waals surface area contributed by atoms with E-state index in [1.807, 2.05) is 35.2 Å². The highest BCUT2D eigenvalue weighted by Crippen LogP contribution is 2.21. The third-order valence-corrected chi connectivity index (χ3v) is 5.78. The molecule has 4 rings (SSSR count). The van der Waals surface area contributed by atoms with E-state index in [0.29, 0.717) is 12.0 Å². The summed E-state index contributed by atoms with van der Waals surface area (Å²) in [5.74, 6) is 0.151. The molecule has 2 aliphatic heterocycles. The minimum Gasteiger partial charge on any atom is -0.343 e. The van der Waals surface area contributed by atoms with Crippen LogP contribution in [0.25, 0.3) is 0 Å². The molecule has 0 radical (unpaired) electrons. The van der Waals surface area contributed by atoms with Crippen molar-refractivity contribution >= 4 is 17.5 Å². The zero-order valence-corrected chi connectivity index (χ0v) is 16.2. The van der Waals surface area contributed by atoms with Gasteiger partial charge in [0.05, 0.1) is 19.1 Å². The molecule has 2 saturated heterocycles. The summed E-state index contributed by atoms with van der Waals surface area (Å²) in [7, 11) is 0. The normalized spacial score (nSPS) is 22.3. The van der Waals surface area contributed by atoms with Crippen molar-refractivity contribution in [3.8, 4) is 0 Å². The van der Waals surface area contributed by atoms with Gasteiger partial charge in [-0.1, -0.05) is 30.3 Å². The van der Waals surface area contributed by atoms with Gasteiger partial charge in [0, 0.05) is 36.2 Å². The number of piperidine rings is 1. The topological polar surface area (TPSA) is 53.9 Å². The van der Waals surface area contributed by atoms with Crippen LogP contribution in [0.5, 0.6) is 0 Å². The Hall–Kier alpha value is -2.66. The van der Waals surface area contributed by atoms with Gasteiger partial charge in [-0.15, -0.1) is 0 Å². The highest BCUT2D eigenvalue weighted by atomic mass is 16.2. The number of carbonyl (C=O) groups excluding carboxylic acids is 2. The van der Waals surface area contributed by atoms with Gasteiger partial charge < -0.3 is 15.1 Å². The van der Waals surface area contributed by atoms with Gasteiger partial charge >= 0.3 is 0 Å². The van der Waals surface area contributed by atoms with Crippen LogP contribution in [-0.4, -0.2) is 37.5 Å². The maximum absolute atomic E-state index is 12.6. The number of carbonyl (C=O) groups is 2. The minimum absolute atomic E-state index is 0.0255. The molecule has 2 aromatic rings. The van der Waals surface area contributed by atoms with E-state index in [1.54, 1.807) is 0 Å². The number of nitrogens with zero attached hydrogens (tertiary/aromatic N) is 1. The first kappa shape index (κ1) is 18.7. The van der Waals surface area contributed by atoms with Gasteiger partial charge in [0.2, 0.25) is 5.91 Å². The Labute approximate surface area is 166 Å². The number of amides is 2. The van der Waals surface area contributed by atoms with Crippen LogP contribution in [0.4, 0.5) is 5.69 Å². The maximum atomic E-state index is 12.6. The Kier molecular flexibility index (Phi) is 5.72. The van der Waals surface area contributed by atoms with Crippen molar-refractivity contribution in [2.45, 2.75) is 38.3 Å². The molecule has 0 saturated carbocycles. The third kappa shape index (κ3) is 4.42. The first-order valence-electron chi connectivity index (χ1n) is 10.3. The van der Waals surface area contributed by atoms with Crippen LogP contribution in [0.1, 0.15) is 41.6 Å². The zero-order chi connectivity index (χ0) is 19.3. The molecule has 146 valence electrons. The van der Waals surface area contributed by atoms with Crippen LogP contribution >= 0.6 is 0 Å². The van der Waals surface area contributed by atoms with E-state index in [1.165, 1.54) is 10.5 Å². The van der Waals surface area contributed by atoms with Crippen LogP contribution in [0.2, 0.25) is 0 Å². The summed E-state index contributed by atoms with van der Waals surface area (Å²) in [6.45, 7) is 3.81. The molecular formula is C23H28N3O2+. The molecule has 2 fully saturated rings. The summed E-state index contributed by atoms with van der Waals surface area (Å²) >= 11 is 0. The fourth-order valence-corrected chi connectivity index (χ4v) is 4.24. The van der Waals surface area contributed by atoms with Crippen LogP contribution in [0.15, 0.2) is 54.6 Å². The summed E-state index contributed by atoms with van der Waals surface area (Å²) in [4.78, 5) is 28.0. The van der Waals surface area contributed by atoms with Crippen LogP contribution in [0, 0.1) is 0 Å². The molecule has 2 atom stereocenters. The van der Waals surface area contributed by atoms with Crippen molar-refractivity contribution in [3.05, 3.63) is 65.7 Å². The molecule has 28 heavy (non-hydrogen) atoms. The number of anilines is 1. The van der Waals surface area contributed by atoms with Gasteiger partial charge in [0.1, 0.15) is 6.54 Å². The SMILES string of the molecule is O=C(N[C@@H]1CC[NH+](Cc2ccccc2)C1)c1ccc(N2CCCCC2=O)cc1. The van der Waals surface area contributed by atoms with Crippen molar-refractivity contribution in [2.24, 2.45) is 0 Å². The summed E-state index contributed by atoms with van der Waals surface area (Å²) in [6, 6.07) is 18.2. The second-order valence-corrected chi connectivity index (χ2v) is 7.87. The number of hydrogen-bond acceptors (Lipinski definition) is 2. The lowest BCUT2D eigenvalue weighted by Gasteiger charge is -2.26. The molecule has 0 aliphatic carbocycles. The number of quaternary nitrogens is 1. The fraction of sp³-hybridized carbons (Fsp3) is 0.391. The number of rotatable bonds is 5. The molecule has 0 spiro atoms. The van der Waals surface area contributed by atoms with Gasteiger partial charge in [-0.3, -0.25) is 9.59 Å². The van der Waals surface area contributed by atoms with Crippen LogP contribution < -0.4 is 15.1 Å². The zero-order valence-electron chi connectivity index (χ0n) is 16.2. The third-order valence-electron chi connectivity index (χ3n) is 5.78. The second-order valence-electron chi connectivity index (χ2n) is 7.87. The molecule has 2 amide bonds. The minimum atomic E-state index is -0.0255. The molecule has 2 aromatic carbocycles. The predicted octanol–water partition coefficient (Wildman–Crippen LogP) is 1.79. The molecule has 2 N–H and O–H groups in total. The predicted molar refractivity (Wildman–Crippen MR) is 109 cm³/mol. The Morgan fingerprint density at radius 3 is 2.61 bits per heavy atom. The molecule has 0 aromatic heterocycles. The lowest BCUT2D eigenvalue weighted by Crippen LogP contribution is -3.09. The summed E-state index contributed by atoms with van der Waals surface area (Å²) in [6.07, 6.45) is 3.64. The van der Waals surface area contributed by atoms with Crippen LogP contribution in [0.3, 0.4) is 0 Å². The second kappa shape index (κ2) is 8.57. The van der Waals surface area contributed by atoms with E-state index in [9.17, 15) is 9.59 Å². The highest BCUT2D eigenvalue weighted by molar-refractivity contribution is 5.97. The van der Waals surface area contributed by atoms with Crippen molar-refractivity contribution in [3.63, 3.8) is 0 Å². The van der Waals surface area contributed by atoms with Crippen molar-refractivity contribution in [1.29, 1.82) is 0 Å². The monoisotopic (exact) mass is 378 g/mol. The first-order chi connectivity index (χ1) is 13.7. The van der Waals surface area contributed by atoms with Gasteiger partial charge in [-0.25, -0.2) is 0 Å². The number of benzene rings is 2. The summed E-state index contributed by atoms with van der Waals surface area (Å²) in [5.41, 5.74) is 2.89. The van der Waals surface area contributed by atoms with Gasteiger partial charge in [0.25, 0.3) is 5.91 Å². The standard InChI is InChI=1S/C23H27N3O2/c27-22-8-4-5-14-26(22)21-11-9-19(10-12-21)23(28)24-20-13-15-25(17-20)16-18-6-2-1-3-7-18/h1-3,6-7,9-12,20H,4-5,8,13-17H2,(H,24,28)/p+1/t20-/m1/s1. The van der Waals surface area contributed by atoms with E-state index in [-0.39, 0.29) is 17.9 Å². The van der Waals surface area contributed by atoms with Crippen molar-refractivity contribution < 1.29 is 14.5 Å². The van der Waals surface area contributed by atoms with E-state index in [0.717, 1.165) is 51.1 Å². The van der Waals surface area contributed by atoms with Crippen molar-refractivity contribution in [1.82, 2.24) is 5.32 Å². The fourth-order valence-electron chi connectivity index (χ4n) is 4.24. The molecule has 2 aliphatic rings. The van der Waals surface area contributed by atoms with E-state index in [4.69, 9.17) is 0 Å². The van der Waals surface area contributed by atoms with Gasteiger partial charge in [-0.2, -0.15) is 0 Å². The lowest BCUT2D eigenvalue weighted by molar-refractivity contribution is -0.901. The highest BCUT2D eigenvalue weighted by Gasteiger charge is 2.28. The maximum Gasteiger partial charge on any atom is 0.251 e. The average molecular weight is 378 g/mol. The van der Waals surface area contributed by atoms with E-state index >= 15 is 0 Å². The molecule has 5 nitrogen and oxygen atoms in total. The van der Waals surface area contributed by atoms with Crippen molar-refractivity contribution in [2.75, 3.05) is 24.5 Å². The number of nitrogens with one attached hydrogen (secondary N) is 2. The molecule has 0 bridgehead atoms. The Morgan fingerprint density at radius 1 is 1.07 bits per heavy atom. The quantitative estimate of drug-likeness (QED) is 0.834. The Morgan fingerprint density at radius 2 is 1.86 bits per heavy atom. The molecule has 5 heteroatoms. The summed E-state index contributed by atoms with van der Waals surface area (Å²) in [5, 5.41) is 3.18. The molecule has 2 heterocycles. The smallest absolute Gasteiger partial charge is 0.251 e. The van der Waals surface area contributed by atoms with Crippen LogP contribution in [-0.2, 0) is 11.3 Å². The van der Waals surface area contributed by atoms with Gasteiger partial charge in [-0.05, 0) is 37.1 Å². The first-order valence-corrected chi connectivity index (χ1v) is 10.3. The number of hydrogen-bond donors (Lipinski definition) is 2. The Balaban J connectivity index is 1.31. The number of likely N-dealkylation sites (tertiary alicyclic amines) is 1.